The van der Waals surface area contributed by atoms with Crippen LogP contribution in [0.2, 0.25) is 5.02 Å². The molecule has 4 N–H and O–H groups in total. The molecule has 1 aliphatic carbocycles. The molecule has 11 atom stereocenters. The van der Waals surface area contributed by atoms with E-state index in [1.165, 1.54) is 7.11 Å². The SMILES string of the molecule is CC[C@H](C)[C@@H]([C@@H](CC(=O)N1C2C[C@@H]2C[C@H]1[C@H](OC)[C@@H](C)C(=O)NC(Cc1ccccc1Cl)C(=O)O)OC)N(C)C(=O)[C@@H](NC(=O)[C@@H](NC)C(C)C)C(C)C. The minimum absolute atomic E-state index is 0.00271. The van der Waals surface area contributed by atoms with Gasteiger partial charge in [0, 0.05) is 38.8 Å². The van der Waals surface area contributed by atoms with Crippen LogP contribution in [0.3, 0.4) is 0 Å². The molecule has 0 bridgehead atoms. The van der Waals surface area contributed by atoms with Crippen molar-refractivity contribution in [3.8, 4) is 0 Å². The molecule has 1 aromatic rings. The summed E-state index contributed by atoms with van der Waals surface area (Å²) in [6.07, 6.45) is 0.859. The average molecular weight is 778 g/mol. The molecule has 0 radical (unpaired) electrons. The van der Waals surface area contributed by atoms with E-state index in [0.29, 0.717) is 23.4 Å². The molecule has 1 aromatic carbocycles. The number of hydrogen-bond donors (Lipinski definition) is 4. The van der Waals surface area contributed by atoms with Gasteiger partial charge in [0.2, 0.25) is 23.6 Å². The van der Waals surface area contributed by atoms with Crippen LogP contribution >= 0.6 is 11.6 Å². The molecule has 4 amide bonds. The molecule has 1 saturated heterocycles. The molecule has 1 saturated carbocycles. The number of nitrogens with zero attached hydrogens (tertiary/aromatic N) is 2. The second-order valence-corrected chi connectivity index (χ2v) is 16.3. The van der Waals surface area contributed by atoms with Gasteiger partial charge in [-0.25, -0.2) is 4.79 Å². The van der Waals surface area contributed by atoms with Gasteiger partial charge in [0.15, 0.2) is 0 Å². The van der Waals surface area contributed by atoms with E-state index < -0.39 is 60.2 Å². The lowest BCUT2D eigenvalue weighted by atomic mass is 9.89. The highest BCUT2D eigenvalue weighted by Crippen LogP contribution is 2.50. The van der Waals surface area contributed by atoms with E-state index in [9.17, 15) is 29.1 Å². The lowest BCUT2D eigenvalue weighted by molar-refractivity contribution is -0.149. The fraction of sp³-hybridized carbons (Fsp3) is 0.725. The number of nitrogens with one attached hydrogen (secondary N) is 3. The number of likely N-dealkylation sites (tertiary alicyclic amines) is 1. The van der Waals surface area contributed by atoms with Crippen LogP contribution in [0.15, 0.2) is 24.3 Å². The molecule has 2 aliphatic rings. The summed E-state index contributed by atoms with van der Waals surface area (Å²) in [7, 11) is 6.48. The van der Waals surface area contributed by atoms with E-state index in [-0.39, 0.29) is 60.3 Å². The Morgan fingerprint density at radius 3 is 2.09 bits per heavy atom. The van der Waals surface area contributed by atoms with Gasteiger partial charge in [0.1, 0.15) is 12.1 Å². The Kier molecular flexibility index (Phi) is 16.8. The average Bonchev–Trinajstić information content (AvgIpc) is 3.78. The first-order valence-corrected chi connectivity index (χ1v) is 19.7. The maximum absolute atomic E-state index is 14.4. The van der Waals surface area contributed by atoms with Crippen molar-refractivity contribution < 1.29 is 38.6 Å². The summed E-state index contributed by atoms with van der Waals surface area (Å²) in [5.74, 6) is -3.09. The number of methoxy groups -OCH3 is 2. The van der Waals surface area contributed by atoms with E-state index in [1.807, 2.05) is 46.4 Å². The van der Waals surface area contributed by atoms with E-state index in [1.54, 1.807) is 57.3 Å². The number of fused-ring (bicyclic) bond motifs is 1. The number of ether oxygens (including phenoxy) is 2. The van der Waals surface area contributed by atoms with Crippen LogP contribution in [0.1, 0.15) is 79.7 Å². The third-order valence-electron chi connectivity index (χ3n) is 11.6. The summed E-state index contributed by atoms with van der Waals surface area (Å²) < 4.78 is 11.9. The minimum atomic E-state index is -1.21. The maximum atomic E-state index is 14.4. The summed E-state index contributed by atoms with van der Waals surface area (Å²) in [5, 5.41) is 19.1. The largest absolute Gasteiger partial charge is 0.480 e. The second-order valence-electron chi connectivity index (χ2n) is 15.9. The molecule has 2 unspecified atom stereocenters. The molecule has 54 heavy (non-hydrogen) atoms. The van der Waals surface area contributed by atoms with Crippen LogP contribution < -0.4 is 16.0 Å². The van der Waals surface area contributed by atoms with Crippen molar-refractivity contribution in [2.24, 2.45) is 29.6 Å². The number of halogens is 1. The first-order chi connectivity index (χ1) is 25.4. The van der Waals surface area contributed by atoms with Crippen molar-refractivity contribution in [2.75, 3.05) is 28.3 Å². The van der Waals surface area contributed by atoms with E-state index >= 15 is 0 Å². The Labute approximate surface area is 326 Å². The zero-order valence-corrected chi connectivity index (χ0v) is 34.7. The van der Waals surface area contributed by atoms with Crippen LogP contribution in [-0.2, 0) is 39.9 Å². The Bertz CT molecular complexity index is 1460. The van der Waals surface area contributed by atoms with Gasteiger partial charge < -0.3 is 40.3 Å². The monoisotopic (exact) mass is 777 g/mol. The number of amides is 4. The molecule has 14 heteroatoms. The number of carboxylic acids is 1. The molecular weight excluding hydrogens is 714 g/mol. The first kappa shape index (κ1) is 45.1. The number of rotatable bonds is 21. The summed E-state index contributed by atoms with van der Waals surface area (Å²) in [4.78, 5) is 71.0. The van der Waals surface area contributed by atoms with Gasteiger partial charge >= 0.3 is 5.97 Å². The van der Waals surface area contributed by atoms with E-state index in [0.717, 1.165) is 6.42 Å². The van der Waals surface area contributed by atoms with Crippen molar-refractivity contribution in [1.29, 1.82) is 0 Å². The van der Waals surface area contributed by atoms with E-state index in [4.69, 9.17) is 21.1 Å². The van der Waals surface area contributed by atoms with Gasteiger partial charge in [-0.1, -0.05) is 84.7 Å². The van der Waals surface area contributed by atoms with Crippen LogP contribution in [0.25, 0.3) is 0 Å². The van der Waals surface area contributed by atoms with Gasteiger partial charge in [0.05, 0.1) is 42.7 Å². The van der Waals surface area contributed by atoms with Crippen molar-refractivity contribution >= 4 is 41.2 Å². The Balaban J connectivity index is 1.81. The van der Waals surface area contributed by atoms with Gasteiger partial charge in [-0.15, -0.1) is 0 Å². The number of aliphatic carboxylic acids is 1. The first-order valence-electron chi connectivity index (χ1n) is 19.3. The molecular formula is C40H64ClN5O8. The number of carboxylic acid groups (broad SMARTS) is 1. The van der Waals surface area contributed by atoms with Gasteiger partial charge in [0.25, 0.3) is 0 Å². The summed E-state index contributed by atoms with van der Waals surface area (Å²) >= 11 is 6.28. The van der Waals surface area contributed by atoms with Crippen molar-refractivity contribution in [3.63, 3.8) is 0 Å². The zero-order chi connectivity index (χ0) is 40.6. The van der Waals surface area contributed by atoms with Gasteiger partial charge in [-0.3, -0.25) is 19.2 Å². The zero-order valence-electron chi connectivity index (χ0n) is 33.9. The summed E-state index contributed by atoms with van der Waals surface area (Å²) in [5.41, 5.74) is 0.601. The molecule has 304 valence electrons. The predicted octanol–water partition coefficient (Wildman–Crippen LogP) is 3.76. The topological polar surface area (TPSA) is 167 Å². The quantitative estimate of drug-likeness (QED) is 0.146. The number of piperidine rings is 1. The Morgan fingerprint density at radius 2 is 1.57 bits per heavy atom. The predicted molar refractivity (Wildman–Crippen MR) is 208 cm³/mol. The van der Waals surface area contributed by atoms with Crippen molar-refractivity contribution in [3.05, 3.63) is 34.9 Å². The highest BCUT2D eigenvalue weighted by molar-refractivity contribution is 6.31. The van der Waals surface area contributed by atoms with Crippen molar-refractivity contribution in [1.82, 2.24) is 25.8 Å². The highest BCUT2D eigenvalue weighted by atomic mass is 35.5. The smallest absolute Gasteiger partial charge is 0.326 e. The standard InChI is InChI=1S/C40H64ClN5O8/c1-12-23(6)35(45(9)39(50)34(22(4)5)44-38(49)33(42-8)21(2)3)31(53-10)20-32(47)46-29-18-26(29)19-30(46)36(54-11)24(7)37(48)43-28(40(51)52)17-25-15-13-14-16-27(25)41/h13-16,21-24,26,28-31,33-36,42H,12,17-20H2,1-11H3,(H,43,48)(H,44,49)(H,51,52)/t23-,24+,26+,28?,29?,30-,31+,33-,34-,35-,36+/m0/s1. The van der Waals surface area contributed by atoms with Crippen LogP contribution in [-0.4, -0.2) is 121 Å². The maximum Gasteiger partial charge on any atom is 0.326 e. The lowest BCUT2D eigenvalue weighted by Crippen LogP contribution is -2.59. The number of carbonyl (C=O) groups is 5. The number of benzene rings is 1. The number of hydrogen-bond acceptors (Lipinski definition) is 8. The normalized spacial score (nSPS) is 22.3. The van der Waals surface area contributed by atoms with E-state index in [2.05, 4.69) is 16.0 Å². The molecule has 13 nitrogen and oxygen atoms in total. The Hall–Kier alpha value is -3.26. The highest BCUT2D eigenvalue weighted by Gasteiger charge is 2.57. The third-order valence-corrected chi connectivity index (χ3v) is 11.9. The molecule has 3 rings (SSSR count). The molecule has 2 fully saturated rings. The fourth-order valence-electron chi connectivity index (χ4n) is 8.14. The number of likely N-dealkylation sites (N-methyl/N-ethyl adjacent to an activating group) is 2. The third kappa shape index (κ3) is 10.7. The summed E-state index contributed by atoms with van der Waals surface area (Å²) in [6.45, 7) is 13.4. The molecule has 0 aromatic heterocycles. The number of carbonyl (C=O) groups excluding carboxylic acids is 4. The van der Waals surface area contributed by atoms with Crippen LogP contribution in [0, 0.1) is 29.6 Å². The van der Waals surface area contributed by atoms with Crippen LogP contribution in [0.4, 0.5) is 0 Å². The summed E-state index contributed by atoms with van der Waals surface area (Å²) in [6, 6.07) is 3.54. The lowest BCUT2D eigenvalue weighted by Gasteiger charge is -2.41. The molecule has 0 spiro atoms. The van der Waals surface area contributed by atoms with Gasteiger partial charge in [-0.05, 0) is 55.2 Å². The van der Waals surface area contributed by atoms with Crippen molar-refractivity contribution in [2.45, 2.75) is 129 Å². The Morgan fingerprint density at radius 1 is 0.944 bits per heavy atom. The second kappa shape index (κ2) is 20.1. The van der Waals surface area contributed by atoms with Crippen LogP contribution in [0.5, 0.6) is 0 Å². The minimum Gasteiger partial charge on any atom is -0.480 e. The molecule has 1 aliphatic heterocycles. The molecule has 1 heterocycles. The fourth-order valence-corrected chi connectivity index (χ4v) is 8.35. The van der Waals surface area contributed by atoms with Gasteiger partial charge in [-0.2, -0.15) is 0 Å².